The van der Waals surface area contributed by atoms with Crippen LogP contribution in [0.3, 0.4) is 0 Å². The van der Waals surface area contributed by atoms with Crippen molar-refractivity contribution in [1.82, 2.24) is 4.98 Å². The Morgan fingerprint density at radius 1 is 1.09 bits per heavy atom. The summed E-state index contributed by atoms with van der Waals surface area (Å²) in [6.07, 6.45) is 0. The number of anilines is 1. The van der Waals surface area contributed by atoms with Gasteiger partial charge in [0.1, 0.15) is 5.69 Å². The highest BCUT2D eigenvalue weighted by molar-refractivity contribution is 6.07. The molecule has 0 bridgehead atoms. The quantitative estimate of drug-likeness (QED) is 0.727. The number of H-pyrrole nitrogens is 1. The van der Waals surface area contributed by atoms with Crippen molar-refractivity contribution in [2.24, 2.45) is 0 Å². The molecule has 0 spiro atoms. The average Bonchev–Trinajstić information content (AvgIpc) is 3.00. The summed E-state index contributed by atoms with van der Waals surface area (Å²) >= 11 is 0. The fraction of sp³-hybridized carbons (Fsp3) is 0.111. The number of carbonyl (C=O) groups excluding carboxylic acids is 2. The third-order valence-corrected chi connectivity index (χ3v) is 3.76. The van der Waals surface area contributed by atoms with Crippen molar-refractivity contribution < 1.29 is 14.3 Å². The molecular weight excluding hydrogens is 292 g/mol. The van der Waals surface area contributed by atoms with E-state index < -0.39 is 5.97 Å². The Bertz CT molecular complexity index is 863. The van der Waals surface area contributed by atoms with Crippen LogP contribution in [-0.2, 0) is 4.74 Å². The number of aromatic nitrogens is 1. The maximum atomic E-state index is 12.4. The lowest BCUT2D eigenvalue weighted by Gasteiger charge is -2.10. The van der Waals surface area contributed by atoms with Gasteiger partial charge in [0.25, 0.3) is 5.91 Å². The first kappa shape index (κ1) is 14.8. The molecule has 3 rings (SSSR count). The van der Waals surface area contributed by atoms with Crippen LogP contribution in [0.1, 0.15) is 26.4 Å². The Morgan fingerprint density at radius 3 is 2.61 bits per heavy atom. The number of hydrogen-bond donors (Lipinski definition) is 2. The number of rotatable bonds is 3. The summed E-state index contributed by atoms with van der Waals surface area (Å²) in [6, 6.07) is 14.6. The smallest absolute Gasteiger partial charge is 0.338 e. The molecule has 3 aromatic rings. The molecule has 2 aromatic carbocycles. The molecular formula is C18H16N2O3. The van der Waals surface area contributed by atoms with Crippen molar-refractivity contribution in [2.45, 2.75) is 6.92 Å². The second-order valence-electron chi connectivity index (χ2n) is 5.19. The molecule has 0 aliphatic carbocycles. The van der Waals surface area contributed by atoms with Crippen LogP contribution < -0.4 is 5.32 Å². The third-order valence-electron chi connectivity index (χ3n) is 3.76. The predicted octanol–water partition coefficient (Wildman–Crippen LogP) is 3.52. The van der Waals surface area contributed by atoms with E-state index in [0.29, 0.717) is 22.5 Å². The first-order valence-corrected chi connectivity index (χ1v) is 7.17. The van der Waals surface area contributed by atoms with Crippen LogP contribution in [0, 0.1) is 6.92 Å². The standard InChI is InChI=1S/C18H16N2O3/c1-11-13(18(22)23-2)7-5-9-14(11)20-17(21)16-10-12-6-3-4-8-15(12)19-16/h3-10,19H,1-2H3,(H,20,21). The lowest BCUT2D eigenvalue weighted by molar-refractivity contribution is 0.0599. The van der Waals surface area contributed by atoms with Crippen LogP contribution in [0.4, 0.5) is 5.69 Å². The molecule has 0 saturated carbocycles. The number of aromatic amines is 1. The summed E-state index contributed by atoms with van der Waals surface area (Å²) in [7, 11) is 1.33. The van der Waals surface area contributed by atoms with Crippen molar-refractivity contribution in [3.63, 3.8) is 0 Å². The molecule has 5 nitrogen and oxygen atoms in total. The maximum absolute atomic E-state index is 12.4. The number of esters is 1. The molecule has 0 saturated heterocycles. The lowest BCUT2D eigenvalue weighted by Crippen LogP contribution is -2.14. The second kappa shape index (κ2) is 5.96. The highest BCUT2D eigenvalue weighted by Crippen LogP contribution is 2.21. The van der Waals surface area contributed by atoms with Gasteiger partial charge in [0.2, 0.25) is 0 Å². The molecule has 0 aliphatic heterocycles. The first-order chi connectivity index (χ1) is 11.1. The average molecular weight is 308 g/mol. The second-order valence-corrected chi connectivity index (χ2v) is 5.19. The van der Waals surface area contributed by atoms with Crippen LogP contribution in [-0.4, -0.2) is 24.0 Å². The molecule has 0 unspecified atom stereocenters. The van der Waals surface area contributed by atoms with Crippen molar-refractivity contribution in [1.29, 1.82) is 0 Å². The van der Waals surface area contributed by atoms with Crippen molar-refractivity contribution >= 4 is 28.5 Å². The Kier molecular flexibility index (Phi) is 3.85. The largest absolute Gasteiger partial charge is 0.465 e. The van der Waals surface area contributed by atoms with Gasteiger partial charge in [-0.15, -0.1) is 0 Å². The Morgan fingerprint density at radius 2 is 1.87 bits per heavy atom. The van der Waals surface area contributed by atoms with E-state index in [1.54, 1.807) is 31.2 Å². The van der Waals surface area contributed by atoms with Crippen LogP contribution in [0.25, 0.3) is 10.9 Å². The SMILES string of the molecule is COC(=O)c1cccc(NC(=O)c2cc3ccccc3[nH]2)c1C. The maximum Gasteiger partial charge on any atom is 0.338 e. The highest BCUT2D eigenvalue weighted by Gasteiger charge is 2.15. The van der Waals surface area contributed by atoms with E-state index in [4.69, 9.17) is 4.74 Å². The van der Waals surface area contributed by atoms with E-state index in [-0.39, 0.29) is 5.91 Å². The van der Waals surface area contributed by atoms with Gasteiger partial charge in [-0.05, 0) is 36.8 Å². The van der Waals surface area contributed by atoms with E-state index in [0.717, 1.165) is 10.9 Å². The minimum absolute atomic E-state index is 0.258. The summed E-state index contributed by atoms with van der Waals surface area (Å²) in [6.45, 7) is 1.77. The molecule has 1 amide bonds. The molecule has 116 valence electrons. The molecule has 23 heavy (non-hydrogen) atoms. The summed E-state index contributed by atoms with van der Waals surface area (Å²) in [4.78, 5) is 27.2. The number of ether oxygens (including phenoxy) is 1. The molecule has 0 aliphatic rings. The minimum Gasteiger partial charge on any atom is -0.465 e. The number of amides is 1. The molecule has 1 heterocycles. The van der Waals surface area contributed by atoms with Gasteiger partial charge in [0, 0.05) is 16.6 Å². The zero-order chi connectivity index (χ0) is 16.4. The Balaban J connectivity index is 1.89. The van der Waals surface area contributed by atoms with Gasteiger partial charge < -0.3 is 15.0 Å². The molecule has 2 N–H and O–H groups in total. The molecule has 0 radical (unpaired) electrons. The van der Waals surface area contributed by atoms with Gasteiger partial charge in [-0.25, -0.2) is 4.79 Å². The first-order valence-electron chi connectivity index (χ1n) is 7.17. The number of methoxy groups -OCH3 is 1. The fourth-order valence-corrected chi connectivity index (χ4v) is 2.49. The van der Waals surface area contributed by atoms with Crippen LogP contribution in [0.5, 0.6) is 0 Å². The number of nitrogens with one attached hydrogen (secondary N) is 2. The van der Waals surface area contributed by atoms with Crippen molar-refractivity contribution in [2.75, 3.05) is 12.4 Å². The predicted molar refractivity (Wildman–Crippen MR) is 88.8 cm³/mol. The van der Waals surface area contributed by atoms with E-state index >= 15 is 0 Å². The molecule has 1 aromatic heterocycles. The molecule has 0 fully saturated rings. The normalized spacial score (nSPS) is 10.5. The zero-order valence-corrected chi connectivity index (χ0v) is 12.8. The molecule has 5 heteroatoms. The van der Waals surface area contributed by atoms with Gasteiger partial charge in [-0.1, -0.05) is 24.3 Å². The van der Waals surface area contributed by atoms with Crippen molar-refractivity contribution in [3.8, 4) is 0 Å². The molecule has 0 atom stereocenters. The van der Waals surface area contributed by atoms with Crippen LogP contribution in [0.15, 0.2) is 48.5 Å². The number of benzene rings is 2. The zero-order valence-electron chi connectivity index (χ0n) is 12.8. The van der Waals surface area contributed by atoms with E-state index in [1.807, 2.05) is 24.3 Å². The van der Waals surface area contributed by atoms with Gasteiger partial charge in [0.15, 0.2) is 0 Å². The fourth-order valence-electron chi connectivity index (χ4n) is 2.49. The summed E-state index contributed by atoms with van der Waals surface area (Å²) in [5.41, 5.74) is 3.05. The summed E-state index contributed by atoms with van der Waals surface area (Å²) in [5.74, 6) is -0.685. The van der Waals surface area contributed by atoms with E-state index in [9.17, 15) is 9.59 Å². The number of para-hydroxylation sites is 1. The number of fused-ring (bicyclic) bond motifs is 1. The van der Waals surface area contributed by atoms with E-state index in [1.165, 1.54) is 7.11 Å². The summed E-state index contributed by atoms with van der Waals surface area (Å²) < 4.78 is 4.74. The minimum atomic E-state index is -0.427. The third kappa shape index (κ3) is 2.81. The summed E-state index contributed by atoms with van der Waals surface area (Å²) in [5, 5.41) is 3.80. The van der Waals surface area contributed by atoms with Gasteiger partial charge in [-0.2, -0.15) is 0 Å². The van der Waals surface area contributed by atoms with Crippen molar-refractivity contribution in [3.05, 3.63) is 65.4 Å². The van der Waals surface area contributed by atoms with Gasteiger partial charge in [-0.3, -0.25) is 4.79 Å². The van der Waals surface area contributed by atoms with Gasteiger partial charge >= 0.3 is 5.97 Å². The Labute approximate surface area is 133 Å². The van der Waals surface area contributed by atoms with Crippen LogP contribution >= 0.6 is 0 Å². The Hall–Kier alpha value is -3.08. The van der Waals surface area contributed by atoms with Crippen LogP contribution in [0.2, 0.25) is 0 Å². The van der Waals surface area contributed by atoms with E-state index in [2.05, 4.69) is 10.3 Å². The number of hydrogen-bond acceptors (Lipinski definition) is 3. The monoisotopic (exact) mass is 308 g/mol. The highest BCUT2D eigenvalue weighted by atomic mass is 16.5. The lowest BCUT2D eigenvalue weighted by atomic mass is 10.1. The number of carbonyl (C=O) groups is 2. The van der Waals surface area contributed by atoms with Gasteiger partial charge in [0.05, 0.1) is 12.7 Å². The topological polar surface area (TPSA) is 71.2 Å².